The number of aromatic nitrogens is 3. The van der Waals surface area contributed by atoms with Crippen molar-refractivity contribution in [1.29, 1.82) is 0 Å². The highest BCUT2D eigenvalue weighted by molar-refractivity contribution is 6.00. The second-order valence-corrected chi connectivity index (χ2v) is 10.0. The van der Waals surface area contributed by atoms with Gasteiger partial charge in [-0.25, -0.2) is 13.9 Å². The molecule has 37 heavy (non-hydrogen) atoms. The Morgan fingerprint density at radius 3 is 2.70 bits per heavy atom. The zero-order chi connectivity index (χ0) is 26.5. The number of rotatable bonds is 5. The van der Waals surface area contributed by atoms with E-state index in [2.05, 4.69) is 20.7 Å². The molecule has 2 N–H and O–H groups in total. The predicted molar refractivity (Wildman–Crippen MR) is 127 cm³/mol. The van der Waals surface area contributed by atoms with Crippen LogP contribution in [0.4, 0.5) is 4.39 Å². The van der Waals surface area contributed by atoms with Crippen molar-refractivity contribution in [2.75, 3.05) is 6.54 Å². The van der Waals surface area contributed by atoms with E-state index in [0.29, 0.717) is 18.7 Å². The minimum atomic E-state index is -0.803. The Kier molecular flexibility index (Phi) is 5.89. The van der Waals surface area contributed by atoms with Crippen LogP contribution in [-0.2, 0) is 22.6 Å². The Bertz CT molecular complexity index is 1460. The summed E-state index contributed by atoms with van der Waals surface area (Å²) in [6.45, 7) is 6.33. The summed E-state index contributed by atoms with van der Waals surface area (Å²) in [7, 11) is 0. The highest BCUT2D eigenvalue weighted by Crippen LogP contribution is 2.27. The van der Waals surface area contributed by atoms with Gasteiger partial charge in [-0.05, 0) is 44.9 Å². The molecule has 0 bridgehead atoms. The highest BCUT2D eigenvalue weighted by atomic mass is 19.1. The first-order valence-electron chi connectivity index (χ1n) is 11.8. The molecule has 0 radical (unpaired) electrons. The van der Waals surface area contributed by atoms with Crippen molar-refractivity contribution in [2.45, 2.75) is 51.7 Å². The molecular weight excluding hydrogens is 483 g/mol. The standard InChI is InChI=1S/C25H25FN6O5/c1-25(2,3)31-7-6-16(24(31)36)30-23(35)18-10-17(29-21-15(26)12-28-32(18)21)22(34)27-11-13-4-5-19-14(8-13)9-20(33)37-19/h4-5,8,10,12,16H,6-7,9,11H2,1-3H3,(H,27,34)(H,30,35)/t16-/m0/s1. The third-order valence-electron chi connectivity index (χ3n) is 6.35. The average molecular weight is 509 g/mol. The van der Waals surface area contributed by atoms with Gasteiger partial charge in [-0.3, -0.25) is 19.2 Å². The summed E-state index contributed by atoms with van der Waals surface area (Å²) in [5.41, 5.74) is 0.449. The van der Waals surface area contributed by atoms with Gasteiger partial charge in [0.05, 0.1) is 12.6 Å². The van der Waals surface area contributed by atoms with E-state index < -0.39 is 29.2 Å². The van der Waals surface area contributed by atoms with Crippen molar-refractivity contribution in [3.05, 3.63) is 58.8 Å². The second kappa shape index (κ2) is 8.95. The number of benzene rings is 1. The molecule has 4 heterocycles. The Morgan fingerprint density at radius 2 is 1.97 bits per heavy atom. The van der Waals surface area contributed by atoms with Gasteiger partial charge in [0, 0.05) is 30.3 Å². The summed E-state index contributed by atoms with van der Waals surface area (Å²) in [6, 6.07) is 5.58. The minimum absolute atomic E-state index is 0.107. The van der Waals surface area contributed by atoms with E-state index in [-0.39, 0.29) is 41.9 Å². The summed E-state index contributed by atoms with van der Waals surface area (Å²) < 4.78 is 20.5. The molecule has 0 saturated carbocycles. The molecule has 12 heteroatoms. The normalized spacial score (nSPS) is 17.2. The van der Waals surface area contributed by atoms with Crippen molar-refractivity contribution >= 4 is 29.3 Å². The van der Waals surface area contributed by atoms with Crippen molar-refractivity contribution in [2.24, 2.45) is 0 Å². The van der Waals surface area contributed by atoms with Crippen molar-refractivity contribution < 1.29 is 28.3 Å². The number of nitrogens with zero attached hydrogens (tertiary/aromatic N) is 4. The van der Waals surface area contributed by atoms with E-state index in [4.69, 9.17) is 4.74 Å². The molecule has 11 nitrogen and oxygen atoms in total. The lowest BCUT2D eigenvalue weighted by Crippen LogP contribution is -2.48. The van der Waals surface area contributed by atoms with Gasteiger partial charge in [0.15, 0.2) is 11.5 Å². The Morgan fingerprint density at radius 1 is 1.19 bits per heavy atom. The molecule has 0 spiro atoms. The van der Waals surface area contributed by atoms with E-state index in [1.165, 1.54) is 6.07 Å². The SMILES string of the molecule is CC(C)(C)N1CC[C@H](NC(=O)c2cc(C(=O)NCc3ccc4c(c3)CC(=O)O4)nc3c(F)cnn23)C1=O. The molecule has 0 aliphatic carbocycles. The lowest BCUT2D eigenvalue weighted by molar-refractivity contribution is -0.133. The zero-order valence-corrected chi connectivity index (χ0v) is 20.5. The quantitative estimate of drug-likeness (QED) is 0.393. The highest BCUT2D eigenvalue weighted by Gasteiger charge is 2.38. The first-order chi connectivity index (χ1) is 17.5. The largest absolute Gasteiger partial charge is 0.426 e. The zero-order valence-electron chi connectivity index (χ0n) is 20.5. The lowest BCUT2D eigenvalue weighted by Gasteiger charge is -2.32. The number of halogens is 1. The number of nitrogens with one attached hydrogen (secondary N) is 2. The maximum Gasteiger partial charge on any atom is 0.315 e. The van der Waals surface area contributed by atoms with Crippen LogP contribution < -0.4 is 15.4 Å². The summed E-state index contributed by atoms with van der Waals surface area (Å²) in [6.07, 6.45) is 1.48. The minimum Gasteiger partial charge on any atom is -0.426 e. The molecule has 2 aromatic heterocycles. The van der Waals surface area contributed by atoms with Crippen LogP contribution in [0.1, 0.15) is 59.3 Å². The van der Waals surface area contributed by atoms with Crippen LogP contribution >= 0.6 is 0 Å². The van der Waals surface area contributed by atoms with E-state index >= 15 is 0 Å². The number of carbonyl (C=O) groups is 4. The number of fused-ring (bicyclic) bond motifs is 2. The number of ether oxygens (including phenoxy) is 1. The monoisotopic (exact) mass is 508 g/mol. The van der Waals surface area contributed by atoms with Crippen LogP contribution in [0.5, 0.6) is 5.75 Å². The maximum atomic E-state index is 14.4. The molecule has 3 aromatic rings. The van der Waals surface area contributed by atoms with E-state index in [1.54, 1.807) is 23.1 Å². The summed E-state index contributed by atoms with van der Waals surface area (Å²) in [5.74, 6) is -2.18. The molecular formula is C25H25FN6O5. The van der Waals surface area contributed by atoms with Crippen LogP contribution in [0.3, 0.4) is 0 Å². The first-order valence-corrected chi connectivity index (χ1v) is 11.8. The van der Waals surface area contributed by atoms with Crippen LogP contribution in [-0.4, -0.2) is 61.3 Å². The summed E-state index contributed by atoms with van der Waals surface area (Å²) in [4.78, 5) is 56.0. The van der Waals surface area contributed by atoms with E-state index in [0.717, 1.165) is 21.8 Å². The number of hydrogen-bond donors (Lipinski definition) is 2. The third-order valence-corrected chi connectivity index (χ3v) is 6.35. The molecule has 1 fully saturated rings. The van der Waals surface area contributed by atoms with Crippen LogP contribution in [0.15, 0.2) is 30.5 Å². The smallest absolute Gasteiger partial charge is 0.315 e. The lowest BCUT2D eigenvalue weighted by atomic mass is 10.1. The van der Waals surface area contributed by atoms with Gasteiger partial charge in [-0.2, -0.15) is 5.10 Å². The van der Waals surface area contributed by atoms with Gasteiger partial charge in [-0.15, -0.1) is 0 Å². The third kappa shape index (κ3) is 4.61. The van der Waals surface area contributed by atoms with Crippen molar-refractivity contribution in [1.82, 2.24) is 30.1 Å². The molecule has 1 atom stereocenters. The Hall–Kier alpha value is -4.35. The molecule has 1 aromatic carbocycles. The number of hydrogen-bond acceptors (Lipinski definition) is 7. The topological polar surface area (TPSA) is 135 Å². The van der Waals surface area contributed by atoms with Crippen LogP contribution in [0.2, 0.25) is 0 Å². The predicted octanol–water partition coefficient (Wildman–Crippen LogP) is 1.39. The number of amides is 3. The summed E-state index contributed by atoms with van der Waals surface area (Å²) >= 11 is 0. The molecule has 1 saturated heterocycles. The molecule has 5 rings (SSSR count). The molecule has 2 aliphatic heterocycles. The Balaban J connectivity index is 1.35. The number of esters is 1. The first kappa shape index (κ1) is 24.3. The fourth-order valence-electron chi connectivity index (χ4n) is 4.49. The van der Waals surface area contributed by atoms with Gasteiger partial charge in [0.1, 0.15) is 23.2 Å². The fraction of sp³-hybridized carbons (Fsp3) is 0.360. The Labute approximate surface area is 211 Å². The van der Waals surface area contributed by atoms with Gasteiger partial charge in [0.2, 0.25) is 5.91 Å². The molecule has 3 amide bonds. The fourth-order valence-corrected chi connectivity index (χ4v) is 4.49. The van der Waals surface area contributed by atoms with Gasteiger partial charge in [0.25, 0.3) is 11.8 Å². The van der Waals surface area contributed by atoms with E-state index in [9.17, 15) is 23.6 Å². The molecule has 0 unspecified atom stereocenters. The van der Waals surface area contributed by atoms with Gasteiger partial charge >= 0.3 is 5.97 Å². The van der Waals surface area contributed by atoms with Gasteiger partial charge in [-0.1, -0.05) is 6.07 Å². The second-order valence-electron chi connectivity index (χ2n) is 10.0. The van der Waals surface area contributed by atoms with Crippen molar-refractivity contribution in [3.8, 4) is 5.75 Å². The van der Waals surface area contributed by atoms with Crippen LogP contribution in [0, 0.1) is 5.82 Å². The number of carbonyl (C=O) groups excluding carboxylic acids is 4. The summed E-state index contributed by atoms with van der Waals surface area (Å²) in [5, 5.41) is 9.25. The van der Waals surface area contributed by atoms with Crippen LogP contribution in [0.25, 0.3) is 5.65 Å². The van der Waals surface area contributed by atoms with E-state index in [1.807, 2.05) is 20.8 Å². The maximum absolute atomic E-state index is 14.4. The number of likely N-dealkylation sites (tertiary alicyclic amines) is 1. The van der Waals surface area contributed by atoms with Crippen molar-refractivity contribution in [3.63, 3.8) is 0 Å². The molecule has 2 aliphatic rings. The van der Waals surface area contributed by atoms with Gasteiger partial charge < -0.3 is 20.3 Å². The molecule has 192 valence electrons. The average Bonchev–Trinajstić information content (AvgIpc) is 3.52.